The Kier molecular flexibility index (Phi) is 4.26. The highest BCUT2D eigenvalue weighted by Crippen LogP contribution is 2.40. The van der Waals surface area contributed by atoms with Gasteiger partial charge in [-0.25, -0.2) is 4.79 Å². The molecule has 4 rings (SSSR count). The Hall–Kier alpha value is -2.63. The van der Waals surface area contributed by atoms with Crippen LogP contribution in [0.25, 0.3) is 0 Å². The number of rotatable bonds is 3. The molecule has 0 bridgehead atoms. The largest absolute Gasteiger partial charge is 0.490 e. The summed E-state index contributed by atoms with van der Waals surface area (Å²) in [4.78, 5) is 25.8. The van der Waals surface area contributed by atoms with E-state index in [2.05, 4.69) is 24.2 Å². The molecule has 1 aromatic carbocycles. The minimum Gasteiger partial charge on any atom is -0.490 e. The average molecular weight is 353 g/mol. The van der Waals surface area contributed by atoms with Gasteiger partial charge in [-0.05, 0) is 55.4 Å². The van der Waals surface area contributed by atoms with Crippen molar-refractivity contribution >= 4 is 11.8 Å². The first-order valence-corrected chi connectivity index (χ1v) is 9.09. The quantitative estimate of drug-likeness (QED) is 0.795. The molecule has 26 heavy (non-hydrogen) atoms. The van der Waals surface area contributed by atoms with Crippen molar-refractivity contribution in [1.29, 1.82) is 0 Å². The Labute approximate surface area is 152 Å². The van der Waals surface area contributed by atoms with E-state index in [4.69, 9.17) is 4.74 Å². The third kappa shape index (κ3) is 3.23. The maximum atomic E-state index is 12.6. The lowest BCUT2D eigenvalue weighted by Gasteiger charge is -2.20. The Morgan fingerprint density at radius 2 is 1.88 bits per heavy atom. The van der Waals surface area contributed by atoms with Crippen LogP contribution in [0.2, 0.25) is 0 Å². The average Bonchev–Trinajstić information content (AvgIpc) is 3.28. The van der Waals surface area contributed by atoms with Crippen molar-refractivity contribution in [3.63, 3.8) is 0 Å². The molecule has 0 spiro atoms. The molecular weight excluding hydrogens is 330 g/mol. The Morgan fingerprint density at radius 1 is 1.15 bits per heavy atom. The van der Waals surface area contributed by atoms with E-state index in [0.717, 1.165) is 31.7 Å². The van der Waals surface area contributed by atoms with Gasteiger partial charge in [0.15, 0.2) is 5.78 Å². The fourth-order valence-corrected chi connectivity index (χ4v) is 4.14. The molecule has 3 atom stereocenters. The zero-order valence-corrected chi connectivity index (χ0v) is 15.1. The normalized spacial score (nSPS) is 24.5. The van der Waals surface area contributed by atoms with Crippen molar-refractivity contribution < 1.29 is 14.3 Å². The number of ether oxygens (including phenoxy) is 1. The molecule has 136 valence electrons. The van der Waals surface area contributed by atoms with E-state index in [9.17, 15) is 9.59 Å². The number of Topliss-reactive ketones (excluding diaryl/α,β-unsaturated/α-hetero) is 1. The van der Waals surface area contributed by atoms with Crippen LogP contribution in [-0.2, 0) is 0 Å². The summed E-state index contributed by atoms with van der Waals surface area (Å²) in [5, 5.41) is 4.08. The van der Waals surface area contributed by atoms with Gasteiger partial charge in [0.1, 0.15) is 11.4 Å². The summed E-state index contributed by atoms with van der Waals surface area (Å²) in [6.45, 7) is 4.97. The third-order valence-corrected chi connectivity index (χ3v) is 5.42. The van der Waals surface area contributed by atoms with Gasteiger partial charge in [-0.15, -0.1) is 0 Å². The SMILES string of the molecule is CC(=O)c1ccn(C(=O)N2C[C@H]3CC(Oc4cccc(C)c4)C[C@H]3C2)n1. The number of benzene rings is 1. The number of likely N-dealkylation sites (tertiary alicyclic amines) is 1. The Bertz CT molecular complexity index is 830. The molecule has 1 aliphatic carbocycles. The molecule has 6 nitrogen and oxygen atoms in total. The number of carbonyl (C=O) groups excluding carboxylic acids is 2. The van der Waals surface area contributed by atoms with Crippen molar-refractivity contribution in [2.24, 2.45) is 11.8 Å². The van der Waals surface area contributed by atoms with Crippen LogP contribution in [-0.4, -0.2) is 45.7 Å². The first-order chi connectivity index (χ1) is 12.5. The molecule has 6 heteroatoms. The van der Waals surface area contributed by atoms with Crippen molar-refractivity contribution in [3.8, 4) is 5.75 Å². The van der Waals surface area contributed by atoms with Crippen LogP contribution in [0.4, 0.5) is 4.79 Å². The number of aromatic nitrogens is 2. The van der Waals surface area contributed by atoms with Gasteiger partial charge in [0.25, 0.3) is 0 Å². The predicted molar refractivity (Wildman–Crippen MR) is 96.4 cm³/mol. The lowest BCUT2D eigenvalue weighted by Crippen LogP contribution is -2.34. The van der Waals surface area contributed by atoms with Gasteiger partial charge in [-0.2, -0.15) is 9.78 Å². The van der Waals surface area contributed by atoms with Crippen molar-refractivity contribution in [1.82, 2.24) is 14.7 Å². The number of amides is 1. The van der Waals surface area contributed by atoms with Gasteiger partial charge in [-0.1, -0.05) is 12.1 Å². The summed E-state index contributed by atoms with van der Waals surface area (Å²) in [6, 6.07) is 9.58. The molecule has 2 aromatic rings. The minimum atomic E-state index is -0.150. The van der Waals surface area contributed by atoms with Crippen LogP contribution in [0.1, 0.15) is 35.8 Å². The van der Waals surface area contributed by atoms with E-state index in [1.54, 1.807) is 12.3 Å². The number of aryl methyl sites for hydroxylation is 1. The maximum Gasteiger partial charge on any atom is 0.344 e. The summed E-state index contributed by atoms with van der Waals surface area (Å²) in [5.41, 5.74) is 1.52. The summed E-state index contributed by atoms with van der Waals surface area (Å²) in [6.07, 6.45) is 3.73. The summed E-state index contributed by atoms with van der Waals surface area (Å²) in [5.74, 6) is 1.73. The van der Waals surface area contributed by atoms with E-state index in [1.807, 2.05) is 17.0 Å². The molecular formula is C20H23N3O3. The number of carbonyl (C=O) groups is 2. The maximum absolute atomic E-state index is 12.6. The van der Waals surface area contributed by atoms with Crippen LogP contribution in [0.15, 0.2) is 36.5 Å². The van der Waals surface area contributed by atoms with Gasteiger partial charge >= 0.3 is 6.03 Å². The number of fused-ring (bicyclic) bond motifs is 1. The number of nitrogens with zero attached hydrogens (tertiary/aromatic N) is 3. The second kappa shape index (κ2) is 6.59. The molecule has 1 saturated heterocycles. The summed E-state index contributed by atoms with van der Waals surface area (Å²) < 4.78 is 7.42. The molecule has 0 radical (unpaired) electrons. The third-order valence-electron chi connectivity index (χ3n) is 5.42. The second-order valence-electron chi connectivity index (χ2n) is 7.44. The van der Waals surface area contributed by atoms with Crippen molar-refractivity contribution in [3.05, 3.63) is 47.8 Å². The van der Waals surface area contributed by atoms with E-state index < -0.39 is 0 Å². The van der Waals surface area contributed by atoms with Crippen molar-refractivity contribution in [2.75, 3.05) is 13.1 Å². The summed E-state index contributed by atoms with van der Waals surface area (Å²) in [7, 11) is 0. The van der Waals surface area contributed by atoms with Crippen LogP contribution < -0.4 is 4.74 Å². The Balaban J connectivity index is 1.35. The molecule has 1 saturated carbocycles. The lowest BCUT2D eigenvalue weighted by molar-refractivity contribution is 0.101. The molecule has 1 unspecified atom stereocenters. The first kappa shape index (κ1) is 16.8. The van der Waals surface area contributed by atoms with Crippen molar-refractivity contribution in [2.45, 2.75) is 32.8 Å². The highest BCUT2D eigenvalue weighted by molar-refractivity contribution is 5.92. The fraction of sp³-hybridized carbons (Fsp3) is 0.450. The molecule has 1 aromatic heterocycles. The topological polar surface area (TPSA) is 64.4 Å². The highest BCUT2D eigenvalue weighted by Gasteiger charge is 2.43. The van der Waals surface area contributed by atoms with Gasteiger partial charge < -0.3 is 9.64 Å². The van der Waals surface area contributed by atoms with Crippen LogP contribution in [0, 0.1) is 18.8 Å². The second-order valence-corrected chi connectivity index (χ2v) is 7.44. The highest BCUT2D eigenvalue weighted by atomic mass is 16.5. The van der Waals surface area contributed by atoms with Crippen LogP contribution in [0.5, 0.6) is 5.75 Å². The summed E-state index contributed by atoms with van der Waals surface area (Å²) >= 11 is 0. The number of hydrogen-bond donors (Lipinski definition) is 0. The van der Waals surface area contributed by atoms with Gasteiger partial charge in [0.2, 0.25) is 0 Å². The van der Waals surface area contributed by atoms with Gasteiger partial charge in [0.05, 0.1) is 6.10 Å². The molecule has 0 N–H and O–H groups in total. The molecule has 2 heterocycles. The zero-order valence-electron chi connectivity index (χ0n) is 15.1. The van der Waals surface area contributed by atoms with E-state index in [-0.39, 0.29) is 17.9 Å². The van der Waals surface area contributed by atoms with Gasteiger partial charge in [0, 0.05) is 26.2 Å². The van der Waals surface area contributed by atoms with E-state index >= 15 is 0 Å². The monoisotopic (exact) mass is 353 g/mol. The number of hydrogen-bond acceptors (Lipinski definition) is 4. The Morgan fingerprint density at radius 3 is 2.50 bits per heavy atom. The zero-order chi connectivity index (χ0) is 18.3. The molecule has 2 fully saturated rings. The first-order valence-electron chi connectivity index (χ1n) is 9.09. The fourth-order valence-electron chi connectivity index (χ4n) is 4.14. The van der Waals surface area contributed by atoms with E-state index in [0.29, 0.717) is 17.5 Å². The van der Waals surface area contributed by atoms with Crippen LogP contribution >= 0.6 is 0 Å². The molecule has 1 amide bonds. The molecule has 2 aliphatic rings. The van der Waals surface area contributed by atoms with E-state index in [1.165, 1.54) is 17.2 Å². The minimum absolute atomic E-state index is 0.133. The van der Waals surface area contributed by atoms with Crippen LogP contribution in [0.3, 0.4) is 0 Å². The standard InChI is InChI=1S/C20H23N3O3/c1-13-4-3-5-17(8-13)26-18-9-15-11-22(12-16(15)10-18)20(25)23-7-6-19(21-23)14(2)24/h3-8,15-16,18H,9-12H2,1-2H3/t15-,16+,18?. The number of ketones is 1. The smallest absolute Gasteiger partial charge is 0.344 e. The lowest BCUT2D eigenvalue weighted by atomic mass is 10.0. The molecule has 1 aliphatic heterocycles. The predicted octanol–water partition coefficient (Wildman–Crippen LogP) is 3.15. The van der Waals surface area contributed by atoms with Gasteiger partial charge in [-0.3, -0.25) is 4.79 Å².